The Labute approximate surface area is 160 Å². The van der Waals surface area contributed by atoms with Crippen LogP contribution in [0.4, 0.5) is 0 Å². The summed E-state index contributed by atoms with van der Waals surface area (Å²) >= 11 is 0. The number of nitrogens with zero attached hydrogens (tertiary/aromatic N) is 1. The number of methoxy groups -OCH3 is 1. The largest absolute Gasteiger partial charge is 0.464 e. The topological polar surface area (TPSA) is 31.2 Å². The molecule has 138 valence electrons. The quantitative estimate of drug-likeness (QED) is 0.424. The van der Waals surface area contributed by atoms with Gasteiger partial charge in [-0.05, 0) is 34.7 Å². The molecule has 0 aliphatic carbocycles. The molecule has 0 saturated heterocycles. The lowest BCUT2D eigenvalue weighted by Gasteiger charge is -2.15. The number of aryl methyl sites for hydroxylation is 1. The average molecular weight is 359 g/mol. The molecule has 0 spiro atoms. The zero-order chi connectivity index (χ0) is 19.2. The van der Waals surface area contributed by atoms with E-state index in [9.17, 15) is 4.79 Å². The first-order chi connectivity index (χ1) is 13.2. The van der Waals surface area contributed by atoms with Gasteiger partial charge in [0, 0.05) is 18.7 Å². The highest BCUT2D eigenvalue weighted by molar-refractivity contribution is 5.88. The zero-order valence-corrected chi connectivity index (χ0v) is 15.9. The number of carbonyl (C=O) groups excluding carboxylic acids is 1. The van der Waals surface area contributed by atoms with Crippen LogP contribution in [0.1, 0.15) is 34.2 Å². The van der Waals surface area contributed by atoms with Gasteiger partial charge in [0.05, 0.1) is 7.11 Å². The number of hydrogen-bond acceptors (Lipinski definition) is 2. The van der Waals surface area contributed by atoms with E-state index in [0.29, 0.717) is 12.2 Å². The SMILES string of the molecule is C=CCn1c(C(=O)OC)cc(CC)c1Cc1ccccc1-c1ccccc1. The van der Waals surface area contributed by atoms with Gasteiger partial charge in [-0.15, -0.1) is 6.58 Å². The summed E-state index contributed by atoms with van der Waals surface area (Å²) < 4.78 is 7.01. The highest BCUT2D eigenvalue weighted by Crippen LogP contribution is 2.28. The number of ether oxygens (including phenoxy) is 1. The first-order valence-corrected chi connectivity index (χ1v) is 9.23. The minimum absolute atomic E-state index is 0.311. The van der Waals surface area contributed by atoms with Gasteiger partial charge in [-0.25, -0.2) is 4.79 Å². The molecular formula is C24H25NO2. The average Bonchev–Trinajstić information content (AvgIpc) is 3.06. The molecule has 2 aromatic carbocycles. The van der Waals surface area contributed by atoms with Gasteiger partial charge in [-0.3, -0.25) is 0 Å². The van der Waals surface area contributed by atoms with Crippen molar-refractivity contribution in [2.45, 2.75) is 26.3 Å². The summed E-state index contributed by atoms with van der Waals surface area (Å²) in [7, 11) is 1.42. The molecule has 3 rings (SSSR count). The summed E-state index contributed by atoms with van der Waals surface area (Å²) in [6, 6.07) is 20.8. The maximum atomic E-state index is 12.3. The summed E-state index contributed by atoms with van der Waals surface area (Å²) in [5, 5.41) is 0. The van der Waals surface area contributed by atoms with E-state index in [-0.39, 0.29) is 5.97 Å². The molecule has 0 aliphatic rings. The zero-order valence-electron chi connectivity index (χ0n) is 15.9. The molecule has 3 nitrogen and oxygen atoms in total. The predicted molar refractivity (Wildman–Crippen MR) is 110 cm³/mol. The molecule has 0 N–H and O–H groups in total. The monoisotopic (exact) mass is 359 g/mol. The third kappa shape index (κ3) is 3.87. The van der Waals surface area contributed by atoms with E-state index in [1.165, 1.54) is 29.4 Å². The summed E-state index contributed by atoms with van der Waals surface area (Å²) in [6.07, 6.45) is 3.43. The van der Waals surface area contributed by atoms with E-state index in [0.717, 1.165) is 18.5 Å². The Morgan fingerprint density at radius 2 is 1.78 bits per heavy atom. The van der Waals surface area contributed by atoms with Crippen LogP contribution in [-0.4, -0.2) is 17.6 Å². The molecule has 0 fully saturated rings. The highest BCUT2D eigenvalue weighted by atomic mass is 16.5. The normalized spacial score (nSPS) is 10.6. The van der Waals surface area contributed by atoms with Crippen LogP contribution < -0.4 is 0 Å². The van der Waals surface area contributed by atoms with Crippen molar-refractivity contribution in [2.75, 3.05) is 7.11 Å². The van der Waals surface area contributed by atoms with Gasteiger partial charge in [0.15, 0.2) is 0 Å². The molecule has 0 amide bonds. The fraction of sp³-hybridized carbons (Fsp3) is 0.208. The second-order valence-corrected chi connectivity index (χ2v) is 6.45. The van der Waals surface area contributed by atoms with Gasteiger partial charge < -0.3 is 9.30 Å². The standard InChI is InChI=1S/C24H25NO2/c1-4-15-25-22(18(5-2)16-23(25)24(26)27-3)17-20-13-9-10-14-21(20)19-11-7-6-8-12-19/h4,6-14,16H,1,5,15,17H2,2-3H3. The van der Waals surface area contributed by atoms with Crippen LogP contribution >= 0.6 is 0 Å². The van der Waals surface area contributed by atoms with Crippen LogP contribution in [0.5, 0.6) is 0 Å². The van der Waals surface area contributed by atoms with Crippen LogP contribution in [0.15, 0.2) is 73.3 Å². The number of esters is 1. The molecule has 0 aliphatic heterocycles. The summed E-state index contributed by atoms with van der Waals surface area (Å²) in [5.74, 6) is -0.311. The number of allylic oxidation sites excluding steroid dienone is 1. The van der Waals surface area contributed by atoms with E-state index in [2.05, 4.69) is 62.0 Å². The Morgan fingerprint density at radius 3 is 2.44 bits per heavy atom. The molecule has 3 aromatic rings. The van der Waals surface area contributed by atoms with Crippen molar-refractivity contribution in [3.63, 3.8) is 0 Å². The molecular weight excluding hydrogens is 334 g/mol. The molecule has 1 aromatic heterocycles. The Morgan fingerprint density at radius 1 is 1.07 bits per heavy atom. The van der Waals surface area contributed by atoms with E-state index < -0.39 is 0 Å². The lowest BCUT2D eigenvalue weighted by Crippen LogP contribution is -2.13. The van der Waals surface area contributed by atoms with Crippen molar-refractivity contribution < 1.29 is 9.53 Å². The molecule has 0 saturated carbocycles. The van der Waals surface area contributed by atoms with E-state index in [4.69, 9.17) is 4.74 Å². The Bertz CT molecular complexity index is 938. The molecule has 3 heteroatoms. The Kier molecular flexibility index (Phi) is 5.92. The number of aromatic nitrogens is 1. The van der Waals surface area contributed by atoms with Gasteiger partial charge in [0.2, 0.25) is 0 Å². The number of hydrogen-bond donors (Lipinski definition) is 0. The lowest BCUT2D eigenvalue weighted by molar-refractivity contribution is 0.0588. The van der Waals surface area contributed by atoms with Gasteiger partial charge in [0.1, 0.15) is 5.69 Å². The van der Waals surface area contributed by atoms with Crippen molar-refractivity contribution in [1.82, 2.24) is 4.57 Å². The Hall–Kier alpha value is -3.07. The third-order valence-electron chi connectivity index (χ3n) is 4.85. The third-order valence-corrected chi connectivity index (χ3v) is 4.85. The second-order valence-electron chi connectivity index (χ2n) is 6.45. The minimum atomic E-state index is -0.311. The van der Waals surface area contributed by atoms with Gasteiger partial charge in [-0.1, -0.05) is 67.6 Å². The van der Waals surface area contributed by atoms with Crippen molar-refractivity contribution in [2.24, 2.45) is 0 Å². The van der Waals surface area contributed by atoms with Gasteiger partial charge in [-0.2, -0.15) is 0 Å². The second kappa shape index (κ2) is 8.54. The lowest BCUT2D eigenvalue weighted by atomic mass is 9.95. The van der Waals surface area contributed by atoms with Crippen LogP contribution in [0.2, 0.25) is 0 Å². The smallest absolute Gasteiger partial charge is 0.354 e. The maximum Gasteiger partial charge on any atom is 0.354 e. The van der Waals surface area contributed by atoms with E-state index in [1.807, 2.05) is 22.8 Å². The van der Waals surface area contributed by atoms with Crippen LogP contribution in [0, 0.1) is 0 Å². The van der Waals surface area contributed by atoms with Crippen LogP contribution in [-0.2, 0) is 24.1 Å². The number of rotatable bonds is 7. The van der Waals surface area contributed by atoms with Crippen LogP contribution in [0.25, 0.3) is 11.1 Å². The molecule has 0 atom stereocenters. The fourth-order valence-electron chi connectivity index (χ4n) is 3.53. The highest BCUT2D eigenvalue weighted by Gasteiger charge is 2.20. The van der Waals surface area contributed by atoms with Gasteiger partial charge in [0.25, 0.3) is 0 Å². The first-order valence-electron chi connectivity index (χ1n) is 9.23. The predicted octanol–water partition coefficient (Wildman–Crippen LogP) is 5.28. The summed E-state index contributed by atoms with van der Waals surface area (Å²) in [4.78, 5) is 12.3. The summed E-state index contributed by atoms with van der Waals surface area (Å²) in [6.45, 7) is 6.55. The van der Waals surface area contributed by atoms with Crippen molar-refractivity contribution in [3.8, 4) is 11.1 Å². The fourth-order valence-corrected chi connectivity index (χ4v) is 3.53. The minimum Gasteiger partial charge on any atom is -0.464 e. The van der Waals surface area contributed by atoms with E-state index >= 15 is 0 Å². The van der Waals surface area contributed by atoms with Crippen LogP contribution in [0.3, 0.4) is 0 Å². The molecule has 0 unspecified atom stereocenters. The Balaban J connectivity index is 2.10. The van der Waals surface area contributed by atoms with E-state index in [1.54, 1.807) is 0 Å². The maximum absolute atomic E-state index is 12.3. The van der Waals surface area contributed by atoms with Crippen molar-refractivity contribution in [3.05, 3.63) is 95.8 Å². The summed E-state index contributed by atoms with van der Waals surface area (Å²) in [5.41, 5.74) is 6.54. The van der Waals surface area contributed by atoms with Crippen molar-refractivity contribution in [1.29, 1.82) is 0 Å². The molecule has 0 bridgehead atoms. The van der Waals surface area contributed by atoms with Crippen molar-refractivity contribution >= 4 is 5.97 Å². The number of benzene rings is 2. The molecule has 27 heavy (non-hydrogen) atoms. The number of carbonyl (C=O) groups is 1. The molecule has 0 radical (unpaired) electrons. The molecule has 1 heterocycles. The first kappa shape index (κ1) is 18.7. The van der Waals surface area contributed by atoms with Gasteiger partial charge >= 0.3 is 5.97 Å².